The van der Waals surface area contributed by atoms with Crippen molar-refractivity contribution in [1.29, 1.82) is 0 Å². The Bertz CT molecular complexity index is 428. The molecule has 1 aliphatic carbocycles. The van der Waals surface area contributed by atoms with E-state index in [-0.39, 0.29) is 17.3 Å². The number of ketones is 1. The van der Waals surface area contributed by atoms with Crippen LogP contribution in [-0.4, -0.2) is 12.9 Å². The minimum Gasteiger partial charge on any atom is -0.497 e. The average Bonchev–Trinajstić information content (AvgIpc) is 2.75. The largest absolute Gasteiger partial charge is 0.497 e. The molecule has 2 atom stereocenters. The van der Waals surface area contributed by atoms with Crippen LogP contribution in [0, 0.1) is 17.7 Å². The molecule has 3 heteroatoms. The average molecular weight is 236 g/mol. The highest BCUT2D eigenvalue weighted by molar-refractivity contribution is 5.98. The molecular weight excluding hydrogens is 219 g/mol. The first-order valence-corrected chi connectivity index (χ1v) is 5.99. The van der Waals surface area contributed by atoms with Crippen LogP contribution in [0.25, 0.3) is 0 Å². The molecule has 0 aromatic heterocycles. The van der Waals surface area contributed by atoms with E-state index in [0.717, 1.165) is 19.3 Å². The summed E-state index contributed by atoms with van der Waals surface area (Å²) in [5.74, 6) is 0.473. The minimum atomic E-state index is -0.478. The zero-order valence-electron chi connectivity index (χ0n) is 10.2. The maximum Gasteiger partial charge on any atom is 0.168 e. The lowest BCUT2D eigenvalue weighted by Gasteiger charge is -2.10. The van der Waals surface area contributed by atoms with E-state index < -0.39 is 5.82 Å². The molecule has 0 amide bonds. The molecule has 0 aliphatic heterocycles. The Morgan fingerprint density at radius 3 is 2.71 bits per heavy atom. The molecule has 2 unspecified atom stereocenters. The van der Waals surface area contributed by atoms with Gasteiger partial charge in [-0.1, -0.05) is 6.92 Å². The monoisotopic (exact) mass is 236 g/mol. The molecule has 0 radical (unpaired) electrons. The van der Waals surface area contributed by atoms with Gasteiger partial charge in [-0.2, -0.15) is 0 Å². The molecule has 0 saturated heterocycles. The summed E-state index contributed by atoms with van der Waals surface area (Å²) in [5.41, 5.74) is 0.199. The van der Waals surface area contributed by atoms with Crippen molar-refractivity contribution in [2.75, 3.05) is 7.11 Å². The van der Waals surface area contributed by atoms with Crippen molar-refractivity contribution >= 4 is 5.78 Å². The summed E-state index contributed by atoms with van der Waals surface area (Å²) in [6, 6.07) is 4.43. The number of methoxy groups -OCH3 is 1. The topological polar surface area (TPSA) is 26.3 Å². The van der Waals surface area contributed by atoms with E-state index in [2.05, 4.69) is 6.92 Å². The quantitative estimate of drug-likeness (QED) is 0.751. The number of rotatable bonds is 3. The van der Waals surface area contributed by atoms with Crippen LogP contribution >= 0.6 is 0 Å². The van der Waals surface area contributed by atoms with Crippen molar-refractivity contribution in [2.24, 2.45) is 11.8 Å². The van der Waals surface area contributed by atoms with E-state index in [4.69, 9.17) is 4.74 Å². The van der Waals surface area contributed by atoms with E-state index in [1.165, 1.54) is 19.2 Å². The van der Waals surface area contributed by atoms with Gasteiger partial charge in [0.25, 0.3) is 0 Å². The van der Waals surface area contributed by atoms with E-state index in [0.29, 0.717) is 11.7 Å². The normalized spacial score (nSPS) is 23.7. The van der Waals surface area contributed by atoms with Crippen LogP contribution in [0.1, 0.15) is 36.5 Å². The van der Waals surface area contributed by atoms with Crippen LogP contribution in [-0.2, 0) is 0 Å². The predicted octanol–water partition coefficient (Wildman–Crippen LogP) is 3.45. The standard InChI is InChI=1S/C14H17FO2/c1-9-3-4-10(7-9)14(16)12-6-5-11(17-2)8-13(12)15/h5-6,8-10H,3-4,7H2,1-2H3. The molecule has 1 fully saturated rings. The minimum absolute atomic E-state index is 0.00658. The number of Topliss-reactive ketones (excluding diaryl/α,β-unsaturated/α-hetero) is 1. The number of hydrogen-bond donors (Lipinski definition) is 0. The van der Waals surface area contributed by atoms with Crippen LogP contribution in [0.5, 0.6) is 5.75 Å². The highest BCUT2D eigenvalue weighted by atomic mass is 19.1. The maximum atomic E-state index is 13.7. The number of halogens is 1. The highest BCUT2D eigenvalue weighted by Gasteiger charge is 2.29. The smallest absolute Gasteiger partial charge is 0.168 e. The number of benzene rings is 1. The van der Waals surface area contributed by atoms with E-state index in [1.54, 1.807) is 6.07 Å². The molecule has 92 valence electrons. The summed E-state index contributed by atoms with van der Waals surface area (Å²) in [5, 5.41) is 0. The Labute approximate surface area is 101 Å². The molecule has 1 saturated carbocycles. The van der Waals surface area contributed by atoms with Gasteiger partial charge in [-0.05, 0) is 37.3 Å². The van der Waals surface area contributed by atoms with Crippen molar-refractivity contribution in [2.45, 2.75) is 26.2 Å². The molecule has 1 aromatic carbocycles. The zero-order valence-corrected chi connectivity index (χ0v) is 10.2. The first kappa shape index (κ1) is 12.1. The highest BCUT2D eigenvalue weighted by Crippen LogP contribution is 2.33. The summed E-state index contributed by atoms with van der Waals surface area (Å²) >= 11 is 0. The SMILES string of the molecule is COc1ccc(C(=O)C2CCC(C)C2)c(F)c1. The number of carbonyl (C=O) groups excluding carboxylic acids is 1. The third-order valence-electron chi connectivity index (χ3n) is 3.51. The first-order valence-electron chi connectivity index (χ1n) is 5.99. The fourth-order valence-electron chi connectivity index (χ4n) is 2.49. The molecule has 1 aliphatic rings. The Hall–Kier alpha value is -1.38. The van der Waals surface area contributed by atoms with Crippen LogP contribution in [0.2, 0.25) is 0 Å². The summed E-state index contributed by atoms with van der Waals surface area (Å²) in [7, 11) is 1.48. The summed E-state index contributed by atoms with van der Waals surface area (Å²) in [6.07, 6.45) is 2.82. The first-order chi connectivity index (χ1) is 8.11. The Morgan fingerprint density at radius 1 is 1.41 bits per heavy atom. The second-order valence-corrected chi connectivity index (χ2v) is 4.83. The van der Waals surface area contributed by atoms with Gasteiger partial charge >= 0.3 is 0 Å². The fraction of sp³-hybridized carbons (Fsp3) is 0.500. The fourth-order valence-corrected chi connectivity index (χ4v) is 2.49. The van der Waals surface area contributed by atoms with Gasteiger partial charge in [-0.15, -0.1) is 0 Å². The summed E-state index contributed by atoms with van der Waals surface area (Å²) < 4.78 is 18.7. The molecule has 2 nitrogen and oxygen atoms in total. The third kappa shape index (κ3) is 2.48. The number of hydrogen-bond acceptors (Lipinski definition) is 2. The van der Waals surface area contributed by atoms with Gasteiger partial charge in [0.2, 0.25) is 0 Å². The number of carbonyl (C=O) groups is 1. The molecule has 2 rings (SSSR count). The van der Waals surface area contributed by atoms with Gasteiger partial charge in [0.15, 0.2) is 5.78 Å². The molecule has 17 heavy (non-hydrogen) atoms. The van der Waals surface area contributed by atoms with Crippen LogP contribution in [0.4, 0.5) is 4.39 Å². The molecule has 0 spiro atoms. The molecule has 0 heterocycles. The molecule has 1 aromatic rings. The van der Waals surface area contributed by atoms with Crippen molar-refractivity contribution in [3.63, 3.8) is 0 Å². The van der Waals surface area contributed by atoms with Crippen LogP contribution < -0.4 is 4.74 Å². The lowest BCUT2D eigenvalue weighted by molar-refractivity contribution is 0.0916. The van der Waals surface area contributed by atoms with Gasteiger partial charge in [0.1, 0.15) is 11.6 Å². The second kappa shape index (κ2) is 4.86. The van der Waals surface area contributed by atoms with Crippen molar-refractivity contribution < 1.29 is 13.9 Å². The van der Waals surface area contributed by atoms with Gasteiger partial charge in [0.05, 0.1) is 12.7 Å². The Morgan fingerprint density at radius 2 is 2.18 bits per heavy atom. The Kier molecular flexibility index (Phi) is 3.46. The maximum absolute atomic E-state index is 13.7. The van der Waals surface area contributed by atoms with Gasteiger partial charge in [-0.3, -0.25) is 4.79 Å². The number of ether oxygens (including phenoxy) is 1. The van der Waals surface area contributed by atoms with Crippen molar-refractivity contribution in [3.8, 4) is 5.75 Å². The third-order valence-corrected chi connectivity index (χ3v) is 3.51. The van der Waals surface area contributed by atoms with Gasteiger partial charge in [-0.25, -0.2) is 4.39 Å². The zero-order chi connectivity index (χ0) is 12.4. The van der Waals surface area contributed by atoms with Crippen molar-refractivity contribution in [1.82, 2.24) is 0 Å². The van der Waals surface area contributed by atoms with Crippen LogP contribution in [0.3, 0.4) is 0 Å². The lowest BCUT2D eigenvalue weighted by atomic mass is 9.95. The molecule has 0 bridgehead atoms. The Balaban J connectivity index is 2.19. The summed E-state index contributed by atoms with van der Waals surface area (Å²) in [4.78, 5) is 12.1. The molecule has 0 N–H and O–H groups in total. The lowest BCUT2D eigenvalue weighted by Crippen LogP contribution is -2.13. The van der Waals surface area contributed by atoms with E-state index in [9.17, 15) is 9.18 Å². The van der Waals surface area contributed by atoms with Gasteiger partial charge < -0.3 is 4.74 Å². The van der Waals surface area contributed by atoms with Crippen LogP contribution in [0.15, 0.2) is 18.2 Å². The van der Waals surface area contributed by atoms with E-state index >= 15 is 0 Å². The predicted molar refractivity (Wildman–Crippen MR) is 63.8 cm³/mol. The summed E-state index contributed by atoms with van der Waals surface area (Å²) in [6.45, 7) is 2.14. The molecular formula is C14H17FO2. The second-order valence-electron chi connectivity index (χ2n) is 4.83. The van der Waals surface area contributed by atoms with Gasteiger partial charge in [0, 0.05) is 12.0 Å². The van der Waals surface area contributed by atoms with Crippen molar-refractivity contribution in [3.05, 3.63) is 29.6 Å². The van der Waals surface area contributed by atoms with E-state index in [1.807, 2.05) is 0 Å².